The number of carbonyl (C=O) groups excluding carboxylic acids is 1. The largest absolute Gasteiger partial charge is 0.282 e. The van der Waals surface area contributed by atoms with E-state index in [1.54, 1.807) is 44.3 Å². The summed E-state index contributed by atoms with van der Waals surface area (Å²) in [6.45, 7) is 3.46. The third-order valence-corrected chi connectivity index (χ3v) is 9.65. The molecule has 1 aliphatic rings. The van der Waals surface area contributed by atoms with Gasteiger partial charge in [0, 0.05) is 37.1 Å². The van der Waals surface area contributed by atoms with Gasteiger partial charge in [0.25, 0.3) is 5.91 Å². The fourth-order valence-electron chi connectivity index (χ4n) is 4.65. The van der Waals surface area contributed by atoms with Crippen molar-refractivity contribution in [1.82, 2.24) is 19.1 Å². The van der Waals surface area contributed by atoms with Gasteiger partial charge in [-0.3, -0.25) is 14.4 Å². The molecule has 188 valence electrons. The summed E-state index contributed by atoms with van der Waals surface area (Å²) in [4.78, 5) is 20.2. The van der Waals surface area contributed by atoms with Crippen molar-refractivity contribution in [2.75, 3.05) is 18.0 Å². The van der Waals surface area contributed by atoms with Crippen LogP contribution in [0.15, 0.2) is 71.9 Å². The average Bonchev–Trinajstić information content (AvgIpc) is 3.59. The van der Waals surface area contributed by atoms with Crippen LogP contribution >= 0.6 is 11.3 Å². The summed E-state index contributed by atoms with van der Waals surface area (Å²) >= 11 is 1.46. The number of piperidine rings is 1. The van der Waals surface area contributed by atoms with Crippen molar-refractivity contribution in [3.05, 3.63) is 72.6 Å². The van der Waals surface area contributed by atoms with E-state index in [0.29, 0.717) is 30.3 Å². The fourth-order valence-corrected chi connectivity index (χ4v) is 7.41. The lowest BCUT2D eigenvalue weighted by Gasteiger charge is -2.34. The third kappa shape index (κ3) is 4.93. The van der Waals surface area contributed by atoms with Crippen molar-refractivity contribution in [3.63, 3.8) is 0 Å². The summed E-state index contributed by atoms with van der Waals surface area (Å²) in [6.07, 6.45) is 7.17. The van der Waals surface area contributed by atoms with Crippen molar-refractivity contribution in [1.29, 1.82) is 0 Å². The molecule has 3 heterocycles. The molecule has 2 aromatic heterocycles. The van der Waals surface area contributed by atoms with Gasteiger partial charge >= 0.3 is 0 Å². The van der Waals surface area contributed by atoms with E-state index in [9.17, 15) is 13.2 Å². The number of hydrogen-bond donors (Lipinski definition) is 0. The molecule has 1 saturated heterocycles. The predicted octanol–water partition coefficient (Wildman–Crippen LogP) is 4.79. The second kappa shape index (κ2) is 10.5. The minimum Gasteiger partial charge on any atom is -0.282 e. The molecule has 10 heteroatoms. The van der Waals surface area contributed by atoms with Gasteiger partial charge in [-0.25, -0.2) is 13.4 Å². The molecule has 0 saturated carbocycles. The Morgan fingerprint density at radius 2 is 1.92 bits per heavy atom. The molecule has 0 radical (unpaired) electrons. The molecule has 5 rings (SSSR count). The van der Waals surface area contributed by atoms with E-state index in [0.717, 1.165) is 35.9 Å². The molecule has 1 aliphatic heterocycles. The summed E-state index contributed by atoms with van der Waals surface area (Å²) < 4.78 is 31.1. The second-order valence-corrected chi connectivity index (χ2v) is 11.8. The zero-order chi connectivity index (χ0) is 25.1. The summed E-state index contributed by atoms with van der Waals surface area (Å²) in [6, 6.07) is 16.0. The summed E-state index contributed by atoms with van der Waals surface area (Å²) in [5.74, 6) is -0.227. The molecular weight excluding hydrogens is 494 g/mol. The highest BCUT2D eigenvalue weighted by atomic mass is 32.2. The number of rotatable bonds is 8. The molecule has 1 atom stereocenters. The lowest BCUT2D eigenvalue weighted by atomic mass is 10.0. The van der Waals surface area contributed by atoms with Gasteiger partial charge < -0.3 is 0 Å². The van der Waals surface area contributed by atoms with Gasteiger partial charge in [0.05, 0.1) is 21.7 Å². The molecule has 2 aromatic carbocycles. The first-order valence-electron chi connectivity index (χ1n) is 12.2. The van der Waals surface area contributed by atoms with Gasteiger partial charge in [-0.15, -0.1) is 0 Å². The van der Waals surface area contributed by atoms with E-state index in [-0.39, 0.29) is 16.8 Å². The number of sulfonamides is 1. The van der Waals surface area contributed by atoms with Crippen molar-refractivity contribution in [2.24, 2.45) is 0 Å². The highest BCUT2D eigenvalue weighted by Crippen LogP contribution is 2.31. The molecular formula is C26H29N5O3S2. The first-order valence-corrected chi connectivity index (χ1v) is 14.5. The molecule has 0 spiro atoms. The maximum atomic E-state index is 13.6. The maximum Gasteiger partial charge on any atom is 0.260 e. The SMILES string of the molecule is CCC1CCCCN1S(=O)(=O)c1ccc(C(=O)N(CCn2cccn2)c2nc3ccccc3s2)cc1. The fraction of sp³-hybridized carbons (Fsp3) is 0.346. The molecule has 0 bridgehead atoms. The van der Waals surface area contributed by atoms with Gasteiger partial charge in [0.15, 0.2) is 5.13 Å². The van der Waals surface area contributed by atoms with Crippen molar-refractivity contribution >= 4 is 42.6 Å². The lowest BCUT2D eigenvalue weighted by Crippen LogP contribution is -2.43. The van der Waals surface area contributed by atoms with Crippen LogP contribution in [0.2, 0.25) is 0 Å². The topological polar surface area (TPSA) is 88.4 Å². The van der Waals surface area contributed by atoms with Crippen LogP contribution in [0.25, 0.3) is 10.2 Å². The first-order chi connectivity index (χ1) is 17.5. The average molecular weight is 524 g/mol. The Balaban J connectivity index is 1.42. The van der Waals surface area contributed by atoms with E-state index >= 15 is 0 Å². The van der Waals surface area contributed by atoms with Gasteiger partial charge in [-0.2, -0.15) is 9.40 Å². The first kappa shape index (κ1) is 24.6. The normalized spacial score (nSPS) is 16.9. The second-order valence-electron chi connectivity index (χ2n) is 8.89. The predicted molar refractivity (Wildman–Crippen MR) is 142 cm³/mol. The number of fused-ring (bicyclic) bond motifs is 1. The number of carbonyl (C=O) groups is 1. The van der Waals surface area contributed by atoms with Crippen molar-refractivity contribution in [3.8, 4) is 0 Å². The monoisotopic (exact) mass is 523 g/mol. The summed E-state index contributed by atoms with van der Waals surface area (Å²) in [7, 11) is -3.61. The van der Waals surface area contributed by atoms with Gasteiger partial charge in [-0.05, 0) is 61.7 Å². The summed E-state index contributed by atoms with van der Waals surface area (Å²) in [5.41, 5.74) is 1.25. The lowest BCUT2D eigenvalue weighted by molar-refractivity contribution is 0.0985. The molecule has 1 amide bonds. The number of anilines is 1. The van der Waals surface area contributed by atoms with Crippen LogP contribution in [-0.2, 0) is 16.6 Å². The Hall–Kier alpha value is -3.08. The number of para-hydroxylation sites is 1. The number of benzene rings is 2. The molecule has 1 fully saturated rings. The standard InChI is InChI=1S/C26H29N5O3S2/c1-2-21-8-5-6-17-31(21)36(33,34)22-13-11-20(12-14-22)25(32)30(19-18-29-16-7-15-27-29)26-28-23-9-3-4-10-24(23)35-26/h3-4,7,9-16,21H,2,5-6,8,17-19H2,1H3. The van der Waals surface area contributed by atoms with E-state index in [1.807, 2.05) is 43.5 Å². The van der Waals surface area contributed by atoms with Crippen LogP contribution in [0.3, 0.4) is 0 Å². The number of thiazole rings is 1. The Bertz CT molecular complexity index is 1400. The quantitative estimate of drug-likeness (QED) is 0.331. The molecule has 1 unspecified atom stereocenters. The van der Waals surface area contributed by atoms with E-state index in [2.05, 4.69) is 10.1 Å². The molecule has 0 aliphatic carbocycles. The maximum absolute atomic E-state index is 13.6. The van der Waals surface area contributed by atoms with Gasteiger partial charge in [0.2, 0.25) is 10.0 Å². The highest BCUT2D eigenvalue weighted by Gasteiger charge is 2.32. The van der Waals surface area contributed by atoms with Crippen molar-refractivity contribution < 1.29 is 13.2 Å². The van der Waals surface area contributed by atoms with Crippen LogP contribution in [-0.4, -0.2) is 52.5 Å². The third-order valence-electron chi connectivity index (χ3n) is 6.62. The van der Waals surface area contributed by atoms with Crippen LogP contribution < -0.4 is 4.90 Å². The van der Waals surface area contributed by atoms with E-state index in [4.69, 9.17) is 0 Å². The zero-order valence-electron chi connectivity index (χ0n) is 20.2. The summed E-state index contributed by atoms with van der Waals surface area (Å²) in [5, 5.41) is 4.84. The van der Waals surface area contributed by atoms with Crippen LogP contribution in [0.4, 0.5) is 5.13 Å². The van der Waals surface area contributed by atoms with E-state index in [1.165, 1.54) is 11.3 Å². The molecule has 36 heavy (non-hydrogen) atoms. The zero-order valence-corrected chi connectivity index (χ0v) is 21.8. The molecule has 8 nitrogen and oxygen atoms in total. The number of nitrogens with zero attached hydrogens (tertiary/aromatic N) is 5. The van der Waals surface area contributed by atoms with Crippen LogP contribution in [0, 0.1) is 0 Å². The molecule has 4 aromatic rings. The van der Waals surface area contributed by atoms with Crippen LogP contribution in [0.1, 0.15) is 43.0 Å². The van der Waals surface area contributed by atoms with Crippen LogP contribution in [0.5, 0.6) is 0 Å². The number of hydrogen-bond acceptors (Lipinski definition) is 6. The Kier molecular flexibility index (Phi) is 7.17. The van der Waals surface area contributed by atoms with E-state index < -0.39 is 10.0 Å². The highest BCUT2D eigenvalue weighted by molar-refractivity contribution is 7.89. The molecule has 0 N–H and O–H groups in total. The van der Waals surface area contributed by atoms with Gasteiger partial charge in [0.1, 0.15) is 0 Å². The van der Waals surface area contributed by atoms with Gasteiger partial charge in [-0.1, -0.05) is 36.8 Å². The minimum atomic E-state index is -3.61. The minimum absolute atomic E-state index is 0.0295. The Labute approximate surface area is 215 Å². The van der Waals surface area contributed by atoms with Crippen molar-refractivity contribution in [2.45, 2.75) is 50.1 Å². The Morgan fingerprint density at radius 3 is 2.64 bits per heavy atom. The smallest absolute Gasteiger partial charge is 0.260 e. The number of aromatic nitrogens is 3. The number of amides is 1. The Morgan fingerprint density at radius 1 is 1.11 bits per heavy atom.